The molecule has 0 bridgehead atoms. The second-order valence-electron chi connectivity index (χ2n) is 8.81. The quantitative estimate of drug-likeness (QED) is 0.469. The summed E-state index contributed by atoms with van der Waals surface area (Å²) >= 11 is 0. The Bertz CT molecular complexity index is 1220. The SMILES string of the molecule is CN1C(=O)c2cc(-c3cccc(NC(C)(C)C)c3)ccc2Oc2ccc(OC(F)(F)F)cc21. The lowest BCUT2D eigenvalue weighted by atomic mass is 10.0. The van der Waals surface area contributed by atoms with Crippen molar-refractivity contribution in [1.82, 2.24) is 0 Å². The molecule has 0 saturated carbocycles. The third-order valence-corrected chi connectivity index (χ3v) is 4.98. The molecule has 0 radical (unpaired) electrons. The fourth-order valence-electron chi connectivity index (χ4n) is 3.63. The van der Waals surface area contributed by atoms with E-state index in [2.05, 4.69) is 30.8 Å². The van der Waals surface area contributed by atoms with Crippen molar-refractivity contribution in [2.75, 3.05) is 17.3 Å². The first kappa shape index (κ1) is 22.5. The number of benzene rings is 3. The maximum atomic E-state index is 13.2. The lowest BCUT2D eigenvalue weighted by Gasteiger charge is -2.22. The molecule has 0 spiro atoms. The minimum atomic E-state index is -4.84. The summed E-state index contributed by atoms with van der Waals surface area (Å²) in [6.45, 7) is 6.20. The Morgan fingerprint density at radius 3 is 2.30 bits per heavy atom. The molecule has 5 nitrogen and oxygen atoms in total. The van der Waals surface area contributed by atoms with E-state index in [4.69, 9.17) is 4.74 Å². The summed E-state index contributed by atoms with van der Waals surface area (Å²) in [5.41, 5.74) is 3.03. The fourth-order valence-corrected chi connectivity index (χ4v) is 3.63. The summed E-state index contributed by atoms with van der Waals surface area (Å²) in [4.78, 5) is 14.5. The summed E-state index contributed by atoms with van der Waals surface area (Å²) in [7, 11) is 1.48. The predicted molar refractivity (Wildman–Crippen MR) is 121 cm³/mol. The molecule has 0 aromatic heterocycles. The molecular weight excluding hydrogens is 433 g/mol. The third kappa shape index (κ3) is 5.05. The Kier molecular flexibility index (Phi) is 5.47. The van der Waals surface area contributed by atoms with Gasteiger partial charge in [0.05, 0.1) is 11.3 Å². The zero-order valence-electron chi connectivity index (χ0n) is 18.6. The highest BCUT2D eigenvalue weighted by Crippen LogP contribution is 2.42. The zero-order valence-corrected chi connectivity index (χ0v) is 18.6. The molecule has 1 aliphatic heterocycles. The number of hydrogen-bond acceptors (Lipinski definition) is 4. The number of rotatable bonds is 3. The number of carbonyl (C=O) groups excluding carboxylic acids is 1. The van der Waals surface area contributed by atoms with Gasteiger partial charge in [0.1, 0.15) is 11.5 Å². The Hall–Kier alpha value is -3.68. The minimum absolute atomic E-state index is 0.112. The molecule has 3 aromatic rings. The van der Waals surface area contributed by atoms with Crippen LogP contribution in [0.3, 0.4) is 0 Å². The molecule has 0 saturated heterocycles. The third-order valence-electron chi connectivity index (χ3n) is 4.98. The largest absolute Gasteiger partial charge is 0.573 e. The molecule has 4 rings (SSSR count). The van der Waals surface area contributed by atoms with Crippen molar-refractivity contribution >= 4 is 17.3 Å². The lowest BCUT2D eigenvalue weighted by Crippen LogP contribution is -2.26. The Morgan fingerprint density at radius 1 is 0.909 bits per heavy atom. The van der Waals surface area contributed by atoms with Crippen LogP contribution in [0, 0.1) is 0 Å². The zero-order chi connectivity index (χ0) is 24.0. The van der Waals surface area contributed by atoms with Crippen LogP contribution in [0.4, 0.5) is 24.5 Å². The molecule has 1 amide bonds. The van der Waals surface area contributed by atoms with Crippen molar-refractivity contribution in [2.45, 2.75) is 32.7 Å². The monoisotopic (exact) mass is 456 g/mol. The highest BCUT2D eigenvalue weighted by molar-refractivity contribution is 6.10. The number of hydrogen-bond donors (Lipinski definition) is 1. The van der Waals surface area contributed by atoms with Crippen molar-refractivity contribution in [2.24, 2.45) is 0 Å². The molecule has 3 aromatic carbocycles. The number of nitrogens with one attached hydrogen (secondary N) is 1. The number of fused-ring (bicyclic) bond motifs is 2. The molecule has 8 heteroatoms. The highest BCUT2D eigenvalue weighted by Gasteiger charge is 2.33. The normalized spacial score (nSPS) is 13.5. The van der Waals surface area contributed by atoms with Gasteiger partial charge in [0.15, 0.2) is 5.75 Å². The van der Waals surface area contributed by atoms with Crippen LogP contribution < -0.4 is 19.7 Å². The van der Waals surface area contributed by atoms with Crippen molar-refractivity contribution < 1.29 is 27.4 Å². The average molecular weight is 456 g/mol. The number of anilines is 2. The predicted octanol–water partition coefficient (Wildman–Crippen LogP) is 6.84. The Labute approximate surface area is 189 Å². The van der Waals surface area contributed by atoms with Crippen molar-refractivity contribution in [3.63, 3.8) is 0 Å². The number of nitrogens with zero attached hydrogens (tertiary/aromatic N) is 1. The molecule has 0 aliphatic carbocycles. The second kappa shape index (κ2) is 8.03. The van der Waals surface area contributed by atoms with E-state index < -0.39 is 18.0 Å². The van der Waals surface area contributed by atoms with Gasteiger partial charge < -0.3 is 19.7 Å². The van der Waals surface area contributed by atoms with Crippen LogP contribution in [0.15, 0.2) is 60.7 Å². The van der Waals surface area contributed by atoms with Crippen molar-refractivity contribution in [1.29, 1.82) is 0 Å². The molecule has 0 unspecified atom stereocenters. The highest BCUT2D eigenvalue weighted by atomic mass is 19.4. The summed E-state index contributed by atoms with van der Waals surface area (Å²) in [5.74, 6) is -0.260. The standard InChI is InChI=1S/C25H23F3N2O3/c1-24(2,3)29-17-7-5-6-15(12-17)16-8-10-21-19(13-16)23(31)30(4)20-14-18(33-25(26,27)28)9-11-22(20)32-21/h5-14,29H,1-4H3. The molecular formula is C25H23F3N2O3. The molecule has 1 aliphatic rings. The van der Waals surface area contributed by atoms with Gasteiger partial charge in [-0.25, -0.2) is 0 Å². The second-order valence-corrected chi connectivity index (χ2v) is 8.81. The molecule has 1 heterocycles. The van der Waals surface area contributed by atoms with E-state index in [0.717, 1.165) is 28.9 Å². The van der Waals surface area contributed by atoms with Gasteiger partial charge in [0.2, 0.25) is 0 Å². The van der Waals surface area contributed by atoms with E-state index in [1.54, 1.807) is 12.1 Å². The molecule has 0 fully saturated rings. The van der Waals surface area contributed by atoms with Gasteiger partial charge in [-0.05, 0) is 68.3 Å². The Balaban J connectivity index is 1.69. The smallest absolute Gasteiger partial charge is 0.454 e. The lowest BCUT2D eigenvalue weighted by molar-refractivity contribution is -0.274. The molecule has 0 atom stereocenters. The minimum Gasteiger partial charge on any atom is -0.454 e. The first-order valence-electron chi connectivity index (χ1n) is 10.3. The van der Waals surface area contributed by atoms with Crippen molar-refractivity contribution in [3.8, 4) is 28.4 Å². The van der Waals surface area contributed by atoms with E-state index in [1.165, 1.54) is 18.0 Å². The van der Waals surface area contributed by atoms with Gasteiger partial charge in [-0.3, -0.25) is 4.79 Å². The maximum absolute atomic E-state index is 13.2. The van der Waals surface area contributed by atoms with E-state index in [1.807, 2.05) is 30.3 Å². The van der Waals surface area contributed by atoms with Gasteiger partial charge in [0, 0.05) is 24.3 Å². The first-order valence-corrected chi connectivity index (χ1v) is 10.3. The Morgan fingerprint density at radius 2 is 1.61 bits per heavy atom. The van der Waals surface area contributed by atoms with E-state index in [0.29, 0.717) is 11.3 Å². The molecule has 1 N–H and O–H groups in total. The van der Waals surface area contributed by atoms with Crippen LogP contribution >= 0.6 is 0 Å². The van der Waals surface area contributed by atoms with Crippen LogP contribution in [-0.2, 0) is 0 Å². The summed E-state index contributed by atoms with van der Waals surface area (Å²) in [6.07, 6.45) is -4.84. The number of carbonyl (C=O) groups is 1. The fraction of sp³-hybridized carbons (Fsp3) is 0.240. The maximum Gasteiger partial charge on any atom is 0.573 e. The van der Waals surface area contributed by atoms with Crippen LogP contribution in [-0.4, -0.2) is 24.9 Å². The van der Waals surface area contributed by atoms with Gasteiger partial charge in [-0.2, -0.15) is 0 Å². The van der Waals surface area contributed by atoms with Gasteiger partial charge in [-0.1, -0.05) is 18.2 Å². The average Bonchev–Trinajstić information content (AvgIpc) is 2.81. The first-order chi connectivity index (χ1) is 15.4. The van der Waals surface area contributed by atoms with Crippen molar-refractivity contribution in [3.05, 3.63) is 66.2 Å². The summed E-state index contributed by atoms with van der Waals surface area (Å²) in [5, 5.41) is 3.42. The topological polar surface area (TPSA) is 50.8 Å². The van der Waals surface area contributed by atoms with Gasteiger partial charge in [-0.15, -0.1) is 13.2 Å². The van der Waals surface area contributed by atoms with Gasteiger partial charge in [0.25, 0.3) is 5.91 Å². The number of ether oxygens (including phenoxy) is 2. The molecule has 172 valence electrons. The number of amides is 1. The van der Waals surface area contributed by atoms with E-state index in [-0.39, 0.29) is 17.0 Å². The summed E-state index contributed by atoms with van der Waals surface area (Å²) < 4.78 is 47.8. The number of alkyl halides is 3. The van der Waals surface area contributed by atoms with Gasteiger partial charge >= 0.3 is 6.36 Å². The van der Waals surface area contributed by atoms with E-state index >= 15 is 0 Å². The molecule has 33 heavy (non-hydrogen) atoms. The van der Waals surface area contributed by atoms with Crippen LogP contribution in [0.25, 0.3) is 11.1 Å². The van der Waals surface area contributed by atoms with Crippen LogP contribution in [0.5, 0.6) is 17.2 Å². The van der Waals surface area contributed by atoms with E-state index in [9.17, 15) is 18.0 Å². The number of halogens is 3. The van der Waals surface area contributed by atoms with Crippen LogP contribution in [0.2, 0.25) is 0 Å². The van der Waals surface area contributed by atoms with Crippen LogP contribution in [0.1, 0.15) is 31.1 Å². The summed E-state index contributed by atoms with van der Waals surface area (Å²) in [6, 6.07) is 16.7.